The largest absolute Gasteiger partial charge is 0.377 e. The Morgan fingerprint density at radius 1 is 1.10 bits per heavy atom. The summed E-state index contributed by atoms with van der Waals surface area (Å²) in [7, 11) is 1.70. The molecule has 3 aliphatic rings. The topological polar surface area (TPSA) is 76.3 Å². The van der Waals surface area contributed by atoms with Crippen LogP contribution >= 0.6 is 24.8 Å². The van der Waals surface area contributed by atoms with Crippen LogP contribution in [0.1, 0.15) is 75.2 Å². The predicted molar refractivity (Wildman–Crippen MR) is 122 cm³/mol. The molecule has 0 unspecified atom stereocenters. The third-order valence-electron chi connectivity index (χ3n) is 6.82. The van der Waals surface area contributed by atoms with Crippen molar-refractivity contribution in [2.75, 3.05) is 32.1 Å². The highest BCUT2D eigenvalue weighted by atomic mass is 35.5. The Hall–Kier alpha value is -0.660. The number of nitrogens with one attached hydrogen (secondary N) is 1. The van der Waals surface area contributed by atoms with Crippen molar-refractivity contribution in [3.8, 4) is 0 Å². The Kier molecular flexibility index (Phi) is 9.42. The summed E-state index contributed by atoms with van der Waals surface area (Å²) >= 11 is 0. The molecular weight excluding hydrogens is 409 g/mol. The van der Waals surface area contributed by atoms with Crippen LogP contribution in [0.25, 0.3) is 0 Å². The van der Waals surface area contributed by atoms with Gasteiger partial charge >= 0.3 is 0 Å². The van der Waals surface area contributed by atoms with Gasteiger partial charge in [0.2, 0.25) is 0 Å². The van der Waals surface area contributed by atoms with E-state index in [1.54, 1.807) is 7.11 Å². The molecule has 1 aliphatic heterocycles. The number of rotatable bonds is 7. The smallest absolute Gasteiger partial charge is 0.156 e. The highest BCUT2D eigenvalue weighted by Gasteiger charge is 2.39. The van der Waals surface area contributed by atoms with Crippen LogP contribution in [-0.4, -0.2) is 53.2 Å². The van der Waals surface area contributed by atoms with Crippen LogP contribution in [0.3, 0.4) is 0 Å². The summed E-state index contributed by atoms with van der Waals surface area (Å²) in [4.78, 5) is 12.2. The minimum atomic E-state index is 0. The second kappa shape index (κ2) is 11.1. The maximum absolute atomic E-state index is 5.99. The Morgan fingerprint density at radius 3 is 2.41 bits per heavy atom. The number of halogens is 2. The fourth-order valence-corrected chi connectivity index (χ4v) is 5.18. The monoisotopic (exact) mass is 445 g/mol. The van der Waals surface area contributed by atoms with Gasteiger partial charge in [-0.3, -0.25) is 4.90 Å². The minimum Gasteiger partial charge on any atom is -0.377 e. The van der Waals surface area contributed by atoms with Crippen LogP contribution in [0.15, 0.2) is 6.07 Å². The van der Waals surface area contributed by atoms with Crippen molar-refractivity contribution >= 4 is 30.6 Å². The van der Waals surface area contributed by atoms with E-state index in [1.165, 1.54) is 58.0 Å². The van der Waals surface area contributed by atoms with Gasteiger partial charge in [-0.1, -0.05) is 19.3 Å². The second-order valence-corrected chi connectivity index (χ2v) is 8.79. The van der Waals surface area contributed by atoms with Gasteiger partial charge in [0.25, 0.3) is 0 Å². The number of methoxy groups -OCH3 is 1. The average molecular weight is 446 g/mol. The lowest BCUT2D eigenvalue weighted by Crippen LogP contribution is -2.53. The van der Waals surface area contributed by atoms with Crippen LogP contribution in [0, 0.1) is 0 Å². The van der Waals surface area contributed by atoms with Gasteiger partial charge in [-0.05, 0) is 51.6 Å². The molecular formula is C21H37Cl2N5O. The molecule has 166 valence electrons. The van der Waals surface area contributed by atoms with Crippen molar-refractivity contribution in [2.24, 2.45) is 5.73 Å². The summed E-state index contributed by atoms with van der Waals surface area (Å²) in [5.41, 5.74) is 7.43. The standard InChI is InChI=1S/C21H35N5O.2ClH/c1-27-14-20-24-18(16-11-17(22)12-16)13-19(25-20)23-15-21(7-3-4-8-21)26-9-5-2-6-10-26;;/h13,16-17H,2-12,14-15,22H2,1H3,(H,23,24,25);2*1H. The number of piperidine rings is 1. The zero-order valence-electron chi connectivity index (χ0n) is 17.6. The van der Waals surface area contributed by atoms with Crippen LogP contribution in [0.5, 0.6) is 0 Å². The van der Waals surface area contributed by atoms with Crippen molar-refractivity contribution in [2.45, 2.75) is 81.9 Å². The van der Waals surface area contributed by atoms with E-state index < -0.39 is 0 Å². The number of ether oxygens (including phenoxy) is 1. The molecule has 29 heavy (non-hydrogen) atoms. The molecule has 3 fully saturated rings. The van der Waals surface area contributed by atoms with Crippen LogP contribution in [0.4, 0.5) is 5.82 Å². The predicted octanol–water partition coefficient (Wildman–Crippen LogP) is 3.88. The first-order valence-electron chi connectivity index (χ1n) is 10.8. The molecule has 0 aromatic carbocycles. The highest BCUT2D eigenvalue weighted by molar-refractivity contribution is 5.85. The van der Waals surface area contributed by atoms with Crippen LogP contribution < -0.4 is 11.1 Å². The Bertz CT molecular complexity index is 629. The second-order valence-electron chi connectivity index (χ2n) is 8.79. The van der Waals surface area contributed by atoms with Gasteiger partial charge in [-0.25, -0.2) is 9.97 Å². The molecule has 0 amide bonds. The van der Waals surface area contributed by atoms with E-state index >= 15 is 0 Å². The van der Waals surface area contributed by atoms with E-state index in [4.69, 9.17) is 20.4 Å². The Labute approximate surface area is 187 Å². The van der Waals surface area contributed by atoms with Crippen molar-refractivity contribution < 1.29 is 4.74 Å². The summed E-state index contributed by atoms with van der Waals surface area (Å²) < 4.78 is 5.30. The molecule has 6 nitrogen and oxygen atoms in total. The molecule has 1 saturated heterocycles. The van der Waals surface area contributed by atoms with Gasteiger partial charge < -0.3 is 15.8 Å². The van der Waals surface area contributed by atoms with E-state index in [2.05, 4.69) is 16.3 Å². The number of likely N-dealkylation sites (tertiary alicyclic amines) is 1. The lowest BCUT2D eigenvalue weighted by atomic mass is 9.78. The summed E-state index contributed by atoms with van der Waals surface area (Å²) in [5, 5.41) is 3.70. The zero-order chi connectivity index (χ0) is 18.7. The molecule has 2 heterocycles. The molecule has 0 bridgehead atoms. The SMILES string of the molecule is COCc1nc(NCC2(N3CCCCC3)CCCC2)cc(C2CC(N)C2)n1.Cl.Cl. The normalized spacial score (nSPS) is 26.1. The molecule has 2 saturated carbocycles. The highest BCUT2D eigenvalue weighted by Crippen LogP contribution is 2.38. The van der Waals surface area contributed by atoms with Gasteiger partial charge in [0.05, 0.1) is 0 Å². The minimum absolute atomic E-state index is 0. The van der Waals surface area contributed by atoms with Crippen LogP contribution in [-0.2, 0) is 11.3 Å². The molecule has 0 spiro atoms. The first-order chi connectivity index (χ1) is 13.2. The fourth-order valence-electron chi connectivity index (χ4n) is 5.18. The molecule has 3 N–H and O–H groups in total. The van der Waals surface area contributed by atoms with Gasteiger partial charge in [0, 0.05) is 42.9 Å². The maximum Gasteiger partial charge on any atom is 0.156 e. The Balaban J connectivity index is 0.00000150. The van der Waals surface area contributed by atoms with E-state index in [0.29, 0.717) is 24.1 Å². The van der Waals surface area contributed by atoms with Crippen molar-refractivity contribution in [1.82, 2.24) is 14.9 Å². The van der Waals surface area contributed by atoms with Crippen LogP contribution in [0.2, 0.25) is 0 Å². The van der Waals surface area contributed by atoms with Gasteiger partial charge in [-0.2, -0.15) is 0 Å². The van der Waals surface area contributed by atoms with E-state index in [-0.39, 0.29) is 24.8 Å². The lowest BCUT2D eigenvalue weighted by molar-refractivity contribution is 0.0807. The molecule has 1 aromatic rings. The molecule has 1 aromatic heterocycles. The van der Waals surface area contributed by atoms with Crippen molar-refractivity contribution in [3.05, 3.63) is 17.6 Å². The Morgan fingerprint density at radius 2 is 1.79 bits per heavy atom. The third kappa shape index (κ3) is 5.73. The lowest BCUT2D eigenvalue weighted by Gasteiger charge is -2.44. The van der Waals surface area contributed by atoms with Gasteiger partial charge in [0.15, 0.2) is 5.82 Å². The van der Waals surface area contributed by atoms with Crippen molar-refractivity contribution in [1.29, 1.82) is 0 Å². The third-order valence-corrected chi connectivity index (χ3v) is 6.82. The molecule has 0 radical (unpaired) electrons. The summed E-state index contributed by atoms with van der Waals surface area (Å²) in [6.07, 6.45) is 11.4. The van der Waals surface area contributed by atoms with E-state index in [9.17, 15) is 0 Å². The number of hydrogen-bond donors (Lipinski definition) is 2. The zero-order valence-corrected chi connectivity index (χ0v) is 19.2. The van der Waals surface area contributed by atoms with E-state index in [0.717, 1.165) is 36.7 Å². The number of hydrogen-bond acceptors (Lipinski definition) is 6. The number of aromatic nitrogens is 2. The molecule has 4 rings (SSSR count). The number of nitrogens with two attached hydrogens (primary N) is 1. The molecule has 0 atom stereocenters. The summed E-state index contributed by atoms with van der Waals surface area (Å²) in [5.74, 6) is 2.20. The van der Waals surface area contributed by atoms with Gasteiger partial charge in [-0.15, -0.1) is 24.8 Å². The van der Waals surface area contributed by atoms with E-state index in [1.807, 2.05) is 0 Å². The summed E-state index contributed by atoms with van der Waals surface area (Å²) in [6.45, 7) is 3.95. The maximum atomic E-state index is 5.99. The number of anilines is 1. The summed E-state index contributed by atoms with van der Waals surface area (Å²) in [6, 6.07) is 2.47. The average Bonchev–Trinajstić information content (AvgIpc) is 3.15. The number of nitrogens with zero attached hydrogens (tertiary/aromatic N) is 3. The van der Waals surface area contributed by atoms with Gasteiger partial charge in [0.1, 0.15) is 12.4 Å². The molecule has 2 aliphatic carbocycles. The first kappa shape index (κ1) is 24.6. The molecule has 8 heteroatoms. The fraction of sp³-hybridized carbons (Fsp3) is 0.810. The quantitative estimate of drug-likeness (QED) is 0.662. The van der Waals surface area contributed by atoms with Crippen molar-refractivity contribution in [3.63, 3.8) is 0 Å². The first-order valence-corrected chi connectivity index (χ1v) is 10.8.